The Labute approximate surface area is 205 Å². The van der Waals surface area contributed by atoms with E-state index in [2.05, 4.69) is 5.32 Å². The van der Waals surface area contributed by atoms with Crippen LogP contribution in [0.1, 0.15) is 5.56 Å². The highest BCUT2D eigenvalue weighted by atomic mass is 32.2. The van der Waals surface area contributed by atoms with Crippen molar-refractivity contribution in [2.24, 2.45) is 0 Å². The molecule has 0 spiro atoms. The van der Waals surface area contributed by atoms with Crippen LogP contribution in [0.25, 0.3) is 16.6 Å². The lowest BCUT2D eigenvalue weighted by Crippen LogP contribution is -2.43. The van der Waals surface area contributed by atoms with Crippen molar-refractivity contribution < 1.29 is 14.3 Å². The second-order valence-electron chi connectivity index (χ2n) is 8.06. The van der Waals surface area contributed by atoms with E-state index in [1.54, 1.807) is 49.6 Å². The summed E-state index contributed by atoms with van der Waals surface area (Å²) in [6.07, 6.45) is 0. The molecule has 0 saturated carbocycles. The van der Waals surface area contributed by atoms with Crippen LogP contribution in [-0.4, -0.2) is 40.8 Å². The van der Waals surface area contributed by atoms with Gasteiger partial charge in [-0.15, -0.1) is 0 Å². The van der Waals surface area contributed by atoms with Gasteiger partial charge in [-0.3, -0.25) is 19.0 Å². The summed E-state index contributed by atoms with van der Waals surface area (Å²) in [4.78, 5) is 45.2. The average molecular weight is 487 g/mol. The number of fused-ring (bicyclic) bond motifs is 2. The van der Waals surface area contributed by atoms with Crippen LogP contribution in [0.3, 0.4) is 0 Å². The van der Waals surface area contributed by atoms with Crippen LogP contribution in [0.4, 0.5) is 11.4 Å². The summed E-state index contributed by atoms with van der Waals surface area (Å²) in [5.41, 5.74) is 3.02. The molecule has 0 saturated heterocycles. The largest absolute Gasteiger partial charge is 0.495 e. The molecule has 0 unspecified atom stereocenters. The minimum absolute atomic E-state index is 0.0134. The minimum atomic E-state index is -0.262. The third kappa shape index (κ3) is 4.26. The fourth-order valence-corrected chi connectivity index (χ4v) is 4.94. The highest BCUT2D eigenvalue weighted by Gasteiger charge is 2.27. The first kappa shape index (κ1) is 22.7. The summed E-state index contributed by atoms with van der Waals surface area (Å²) in [5.74, 6) is -0.0140. The molecule has 0 radical (unpaired) electrons. The van der Waals surface area contributed by atoms with Crippen molar-refractivity contribution in [2.45, 2.75) is 12.1 Å². The molecular formula is C26H22N4O4S. The maximum atomic E-state index is 13.6. The molecule has 0 fully saturated rings. The molecule has 35 heavy (non-hydrogen) atoms. The summed E-state index contributed by atoms with van der Waals surface area (Å²) in [7, 11) is 1.54. The maximum absolute atomic E-state index is 13.6. The van der Waals surface area contributed by atoms with E-state index < -0.39 is 0 Å². The van der Waals surface area contributed by atoms with Crippen LogP contribution >= 0.6 is 11.8 Å². The highest BCUT2D eigenvalue weighted by molar-refractivity contribution is 7.99. The van der Waals surface area contributed by atoms with E-state index in [9.17, 15) is 14.4 Å². The molecule has 2 amide bonds. The number of hydrogen-bond acceptors (Lipinski definition) is 6. The monoisotopic (exact) mass is 486 g/mol. The number of nitrogens with zero attached hydrogens (tertiary/aromatic N) is 3. The van der Waals surface area contributed by atoms with Gasteiger partial charge < -0.3 is 15.0 Å². The molecule has 0 bridgehead atoms. The van der Waals surface area contributed by atoms with Gasteiger partial charge in [0.1, 0.15) is 12.3 Å². The molecule has 1 N–H and O–H groups in total. The fraction of sp³-hybridized carbons (Fsp3) is 0.154. The Balaban J connectivity index is 1.56. The number of ether oxygens (including phenoxy) is 1. The summed E-state index contributed by atoms with van der Waals surface area (Å²) in [5, 5.41) is 3.61. The third-order valence-electron chi connectivity index (χ3n) is 5.72. The first-order valence-corrected chi connectivity index (χ1v) is 11.9. The molecule has 5 rings (SSSR count). The molecule has 176 valence electrons. The van der Waals surface area contributed by atoms with Crippen LogP contribution in [-0.2, 0) is 9.59 Å². The summed E-state index contributed by atoms with van der Waals surface area (Å²) < 4.78 is 7.02. The highest BCUT2D eigenvalue weighted by Crippen LogP contribution is 2.31. The van der Waals surface area contributed by atoms with E-state index in [-0.39, 0.29) is 29.7 Å². The van der Waals surface area contributed by atoms with Crippen LogP contribution in [0.2, 0.25) is 0 Å². The van der Waals surface area contributed by atoms with Crippen molar-refractivity contribution in [3.05, 3.63) is 82.6 Å². The Morgan fingerprint density at radius 3 is 2.66 bits per heavy atom. The Kier molecular flexibility index (Phi) is 6.00. The number of methoxy groups -OCH3 is 1. The van der Waals surface area contributed by atoms with Crippen molar-refractivity contribution in [3.8, 4) is 11.4 Å². The van der Waals surface area contributed by atoms with E-state index in [0.717, 1.165) is 17.3 Å². The Hall–Kier alpha value is -4.11. The van der Waals surface area contributed by atoms with Gasteiger partial charge in [-0.05, 0) is 48.9 Å². The maximum Gasteiger partial charge on any atom is 0.266 e. The number of carbonyl (C=O) groups excluding carboxylic acids is 2. The van der Waals surface area contributed by atoms with Crippen LogP contribution in [0.15, 0.2) is 76.7 Å². The van der Waals surface area contributed by atoms with E-state index >= 15 is 0 Å². The fourth-order valence-electron chi connectivity index (χ4n) is 4.06. The predicted molar refractivity (Wildman–Crippen MR) is 137 cm³/mol. The first-order chi connectivity index (χ1) is 17.0. The number of amides is 2. The summed E-state index contributed by atoms with van der Waals surface area (Å²) in [6, 6.07) is 19.8. The quantitative estimate of drug-likeness (QED) is 0.341. The van der Waals surface area contributed by atoms with E-state index in [1.165, 1.54) is 9.47 Å². The second kappa shape index (κ2) is 9.27. The van der Waals surface area contributed by atoms with Gasteiger partial charge in [0, 0.05) is 0 Å². The second-order valence-corrected chi connectivity index (χ2v) is 9.00. The van der Waals surface area contributed by atoms with Gasteiger partial charge >= 0.3 is 0 Å². The molecule has 4 aromatic rings. The molecule has 9 heteroatoms. The first-order valence-electron chi connectivity index (χ1n) is 10.9. The smallest absolute Gasteiger partial charge is 0.266 e. The van der Waals surface area contributed by atoms with Crippen molar-refractivity contribution in [3.63, 3.8) is 0 Å². The number of nitrogens with one attached hydrogen (secondary N) is 1. The van der Waals surface area contributed by atoms with Crippen LogP contribution < -0.4 is 20.5 Å². The van der Waals surface area contributed by atoms with Gasteiger partial charge in [0.05, 0.1) is 40.8 Å². The van der Waals surface area contributed by atoms with E-state index in [4.69, 9.17) is 9.72 Å². The van der Waals surface area contributed by atoms with Crippen molar-refractivity contribution in [1.82, 2.24) is 9.55 Å². The Morgan fingerprint density at radius 2 is 1.83 bits per heavy atom. The topological polar surface area (TPSA) is 93.5 Å². The SMILES string of the molecule is COc1ccc(C)cc1-n1c(SCC(=O)N2CC(=O)Nc3ccccc32)nc2ccccc2c1=O. The lowest BCUT2D eigenvalue weighted by molar-refractivity contribution is -0.120. The number of benzene rings is 3. The van der Waals surface area contributed by atoms with Crippen LogP contribution in [0, 0.1) is 6.92 Å². The number of aryl methyl sites for hydroxylation is 1. The van der Waals surface area contributed by atoms with Gasteiger partial charge in [-0.2, -0.15) is 0 Å². The van der Waals surface area contributed by atoms with Gasteiger partial charge in [0.25, 0.3) is 5.56 Å². The van der Waals surface area contributed by atoms with Gasteiger partial charge in [0.2, 0.25) is 11.8 Å². The zero-order valence-electron chi connectivity index (χ0n) is 19.1. The van der Waals surface area contributed by atoms with Crippen molar-refractivity contribution in [2.75, 3.05) is 29.6 Å². The van der Waals surface area contributed by atoms with Crippen LogP contribution in [0.5, 0.6) is 5.75 Å². The molecule has 8 nitrogen and oxygen atoms in total. The molecule has 1 aromatic heterocycles. The Bertz CT molecular complexity index is 1530. The zero-order valence-corrected chi connectivity index (χ0v) is 20.0. The van der Waals surface area contributed by atoms with Gasteiger partial charge in [-0.25, -0.2) is 4.98 Å². The minimum Gasteiger partial charge on any atom is -0.495 e. The number of hydrogen-bond donors (Lipinski definition) is 1. The predicted octanol–water partition coefficient (Wildman–Crippen LogP) is 3.78. The molecule has 1 aliphatic heterocycles. The number of rotatable bonds is 5. The standard InChI is InChI=1S/C26H22N4O4S/c1-16-11-12-22(34-2)21(13-16)30-25(33)17-7-3-4-8-18(17)28-26(30)35-15-24(32)29-14-23(31)27-19-9-5-6-10-20(19)29/h3-13H,14-15H2,1-2H3,(H,27,31). The van der Waals surface area contributed by atoms with Gasteiger partial charge in [-0.1, -0.05) is 42.1 Å². The number of para-hydroxylation sites is 3. The normalized spacial score (nSPS) is 12.9. The van der Waals surface area contributed by atoms with Crippen molar-refractivity contribution in [1.29, 1.82) is 0 Å². The number of thioether (sulfide) groups is 1. The van der Waals surface area contributed by atoms with E-state index in [1.807, 2.05) is 31.2 Å². The Morgan fingerprint density at radius 1 is 1.06 bits per heavy atom. The van der Waals surface area contributed by atoms with Crippen molar-refractivity contribution >= 4 is 45.9 Å². The molecule has 0 atom stereocenters. The van der Waals surface area contributed by atoms with E-state index in [0.29, 0.717) is 38.9 Å². The molecule has 3 aromatic carbocycles. The molecule has 2 heterocycles. The molecule has 0 aliphatic carbocycles. The van der Waals surface area contributed by atoms with Gasteiger partial charge in [0.15, 0.2) is 5.16 Å². The zero-order chi connectivity index (χ0) is 24.5. The third-order valence-corrected chi connectivity index (χ3v) is 6.64. The lowest BCUT2D eigenvalue weighted by Gasteiger charge is -2.29. The summed E-state index contributed by atoms with van der Waals surface area (Å²) >= 11 is 1.15. The lowest BCUT2D eigenvalue weighted by atomic mass is 10.2. The number of aromatic nitrogens is 2. The number of carbonyl (C=O) groups is 2. The number of anilines is 2. The summed E-state index contributed by atoms with van der Waals surface area (Å²) in [6.45, 7) is 1.86. The molecule has 1 aliphatic rings. The molecular weight excluding hydrogens is 464 g/mol. The average Bonchev–Trinajstić information content (AvgIpc) is 2.87.